The van der Waals surface area contributed by atoms with Gasteiger partial charge in [-0.3, -0.25) is 4.79 Å². The van der Waals surface area contributed by atoms with Gasteiger partial charge in [0.2, 0.25) is 17.6 Å². The molecule has 0 unspecified atom stereocenters. The fraction of sp³-hybridized carbons (Fsp3) is 0.348. The van der Waals surface area contributed by atoms with E-state index in [1.165, 1.54) is 16.5 Å². The van der Waals surface area contributed by atoms with Crippen LogP contribution < -0.4 is 0 Å². The van der Waals surface area contributed by atoms with Crippen LogP contribution in [-0.2, 0) is 23.2 Å². The van der Waals surface area contributed by atoms with E-state index in [0.717, 1.165) is 5.56 Å². The molecular weight excluding hydrogens is 369 g/mol. The zero-order valence-corrected chi connectivity index (χ0v) is 17.3. The van der Waals surface area contributed by atoms with Gasteiger partial charge in [-0.25, -0.2) is 4.39 Å². The van der Waals surface area contributed by atoms with Crippen molar-refractivity contribution in [2.24, 2.45) is 0 Å². The second-order valence-corrected chi connectivity index (χ2v) is 8.18. The van der Waals surface area contributed by atoms with Gasteiger partial charge in [0.1, 0.15) is 5.82 Å². The molecule has 0 aliphatic rings. The Morgan fingerprint density at radius 2 is 1.79 bits per heavy atom. The van der Waals surface area contributed by atoms with Gasteiger partial charge in [0.25, 0.3) is 0 Å². The lowest BCUT2D eigenvalue weighted by Crippen LogP contribution is -2.26. The van der Waals surface area contributed by atoms with Gasteiger partial charge in [0, 0.05) is 19.0 Å². The lowest BCUT2D eigenvalue weighted by atomic mass is 9.87. The third-order valence-corrected chi connectivity index (χ3v) is 4.84. The monoisotopic (exact) mass is 395 g/mol. The summed E-state index contributed by atoms with van der Waals surface area (Å²) in [6.07, 6.45) is 0.567. The molecule has 0 atom stereocenters. The maximum atomic E-state index is 13.7. The van der Waals surface area contributed by atoms with Gasteiger partial charge in [0.05, 0.1) is 6.54 Å². The molecule has 6 heteroatoms. The Bertz CT molecular complexity index is 974. The highest BCUT2D eigenvalue weighted by atomic mass is 19.1. The second-order valence-electron chi connectivity index (χ2n) is 8.18. The first kappa shape index (κ1) is 20.7. The SMILES string of the molecule is CN(Cc1nc(-c2ccc(C(C)(C)C)cc2)no1)C(=O)CCc1ccccc1F. The second kappa shape index (κ2) is 8.55. The van der Waals surface area contributed by atoms with Crippen LogP contribution in [0.15, 0.2) is 53.1 Å². The van der Waals surface area contributed by atoms with E-state index in [0.29, 0.717) is 23.7 Å². The molecule has 0 fully saturated rings. The van der Waals surface area contributed by atoms with Crippen LogP contribution in [-0.4, -0.2) is 28.0 Å². The number of amides is 1. The van der Waals surface area contributed by atoms with E-state index < -0.39 is 0 Å². The molecule has 0 bridgehead atoms. The average molecular weight is 395 g/mol. The van der Waals surface area contributed by atoms with Crippen molar-refractivity contribution >= 4 is 5.91 Å². The first-order valence-corrected chi connectivity index (χ1v) is 9.65. The topological polar surface area (TPSA) is 59.2 Å². The molecule has 3 aromatic rings. The van der Waals surface area contributed by atoms with Crippen molar-refractivity contribution in [3.8, 4) is 11.4 Å². The first-order valence-electron chi connectivity index (χ1n) is 9.65. The van der Waals surface area contributed by atoms with E-state index in [2.05, 4.69) is 43.0 Å². The third-order valence-electron chi connectivity index (χ3n) is 4.84. The van der Waals surface area contributed by atoms with E-state index in [4.69, 9.17) is 4.52 Å². The van der Waals surface area contributed by atoms with Gasteiger partial charge in [-0.15, -0.1) is 0 Å². The van der Waals surface area contributed by atoms with E-state index in [-0.39, 0.29) is 30.1 Å². The molecule has 0 saturated heterocycles. The van der Waals surface area contributed by atoms with Gasteiger partial charge in [-0.2, -0.15) is 4.98 Å². The number of rotatable bonds is 6. The molecular formula is C23H26FN3O2. The minimum Gasteiger partial charge on any atom is -0.337 e. The third kappa shape index (κ3) is 5.28. The highest BCUT2D eigenvalue weighted by molar-refractivity contribution is 5.76. The normalized spacial score (nSPS) is 11.5. The van der Waals surface area contributed by atoms with Crippen molar-refractivity contribution in [2.75, 3.05) is 7.05 Å². The lowest BCUT2D eigenvalue weighted by Gasteiger charge is -2.18. The van der Waals surface area contributed by atoms with E-state index in [9.17, 15) is 9.18 Å². The molecule has 0 saturated carbocycles. The molecule has 2 aromatic carbocycles. The number of carbonyl (C=O) groups excluding carboxylic acids is 1. The largest absolute Gasteiger partial charge is 0.337 e. The first-order chi connectivity index (χ1) is 13.7. The Morgan fingerprint density at radius 1 is 1.10 bits per heavy atom. The fourth-order valence-electron chi connectivity index (χ4n) is 2.98. The van der Waals surface area contributed by atoms with Crippen LogP contribution in [0.3, 0.4) is 0 Å². The summed E-state index contributed by atoms with van der Waals surface area (Å²) in [6.45, 7) is 6.69. The van der Waals surface area contributed by atoms with Gasteiger partial charge >= 0.3 is 0 Å². The molecule has 29 heavy (non-hydrogen) atoms. The van der Waals surface area contributed by atoms with Crippen LogP contribution in [0.2, 0.25) is 0 Å². The van der Waals surface area contributed by atoms with Crippen LogP contribution in [0.5, 0.6) is 0 Å². The highest BCUT2D eigenvalue weighted by Crippen LogP contribution is 2.25. The van der Waals surface area contributed by atoms with Crippen molar-refractivity contribution in [2.45, 2.75) is 45.6 Å². The van der Waals surface area contributed by atoms with E-state index >= 15 is 0 Å². The maximum Gasteiger partial charge on any atom is 0.246 e. The van der Waals surface area contributed by atoms with Crippen molar-refractivity contribution in [1.82, 2.24) is 15.0 Å². The average Bonchev–Trinajstić information content (AvgIpc) is 3.15. The summed E-state index contributed by atoms with van der Waals surface area (Å²) >= 11 is 0. The molecule has 0 radical (unpaired) electrons. The van der Waals surface area contributed by atoms with Crippen LogP contribution in [0.4, 0.5) is 4.39 Å². The minimum absolute atomic E-state index is 0.0761. The molecule has 0 spiro atoms. The maximum absolute atomic E-state index is 13.7. The number of hydrogen-bond donors (Lipinski definition) is 0. The molecule has 1 aromatic heterocycles. The Labute approximate surface area is 170 Å². The van der Waals surface area contributed by atoms with Crippen molar-refractivity contribution in [3.63, 3.8) is 0 Å². The number of aryl methyl sites for hydroxylation is 1. The van der Waals surface area contributed by atoms with Gasteiger partial charge in [-0.05, 0) is 29.0 Å². The number of hydrogen-bond acceptors (Lipinski definition) is 4. The Hall–Kier alpha value is -3.02. The molecule has 5 nitrogen and oxygen atoms in total. The van der Waals surface area contributed by atoms with Crippen molar-refractivity contribution in [3.05, 3.63) is 71.4 Å². The fourth-order valence-corrected chi connectivity index (χ4v) is 2.98. The molecule has 0 N–H and O–H groups in total. The number of aromatic nitrogens is 2. The summed E-state index contributed by atoms with van der Waals surface area (Å²) in [7, 11) is 1.67. The zero-order valence-electron chi connectivity index (χ0n) is 17.3. The number of halogens is 1. The van der Waals surface area contributed by atoms with Crippen molar-refractivity contribution in [1.29, 1.82) is 0 Å². The molecule has 3 rings (SSSR count). The Kier molecular flexibility index (Phi) is 6.11. The smallest absolute Gasteiger partial charge is 0.246 e. The number of benzene rings is 2. The minimum atomic E-state index is -0.290. The van der Waals surface area contributed by atoms with Gasteiger partial charge < -0.3 is 9.42 Å². The predicted molar refractivity (Wildman–Crippen MR) is 110 cm³/mol. The van der Waals surface area contributed by atoms with Crippen molar-refractivity contribution < 1.29 is 13.7 Å². The molecule has 1 heterocycles. The van der Waals surface area contributed by atoms with Crippen LogP contribution >= 0.6 is 0 Å². The Morgan fingerprint density at radius 3 is 2.45 bits per heavy atom. The molecule has 152 valence electrons. The summed E-state index contributed by atoms with van der Waals surface area (Å²) in [5.41, 5.74) is 2.70. The standard InChI is InChI=1S/C23H26FN3O2/c1-23(2,3)18-12-9-17(10-13-18)22-25-20(29-26-22)15-27(4)21(28)14-11-16-7-5-6-8-19(16)24/h5-10,12-13H,11,14-15H2,1-4H3. The molecule has 1 amide bonds. The quantitative estimate of drug-likeness (QED) is 0.604. The summed E-state index contributed by atoms with van der Waals surface area (Å²) < 4.78 is 19.0. The summed E-state index contributed by atoms with van der Waals surface area (Å²) in [5, 5.41) is 4.02. The molecule has 0 aliphatic heterocycles. The van der Waals surface area contributed by atoms with E-state index in [1.807, 2.05) is 12.1 Å². The van der Waals surface area contributed by atoms with Crippen LogP contribution in [0, 0.1) is 5.82 Å². The number of nitrogens with zero attached hydrogens (tertiary/aromatic N) is 3. The zero-order chi connectivity index (χ0) is 21.0. The van der Waals surface area contributed by atoms with Gasteiger partial charge in [-0.1, -0.05) is 68.4 Å². The summed E-state index contributed by atoms with van der Waals surface area (Å²) in [6, 6.07) is 14.6. The summed E-state index contributed by atoms with van der Waals surface area (Å²) in [4.78, 5) is 18.3. The number of carbonyl (C=O) groups is 1. The van der Waals surface area contributed by atoms with Crippen LogP contribution in [0.25, 0.3) is 11.4 Å². The Balaban J connectivity index is 1.59. The summed E-state index contributed by atoms with van der Waals surface area (Å²) in [5.74, 6) is 0.457. The highest BCUT2D eigenvalue weighted by Gasteiger charge is 2.17. The molecule has 0 aliphatic carbocycles. The predicted octanol–water partition coefficient (Wildman–Crippen LogP) is 4.76. The van der Waals surface area contributed by atoms with Gasteiger partial charge in [0.15, 0.2) is 0 Å². The lowest BCUT2D eigenvalue weighted by molar-refractivity contribution is -0.130. The van der Waals surface area contributed by atoms with E-state index in [1.54, 1.807) is 25.2 Å². The van der Waals surface area contributed by atoms with Crippen LogP contribution in [0.1, 0.15) is 44.2 Å².